The lowest BCUT2D eigenvalue weighted by Crippen LogP contribution is -2.21. The van der Waals surface area contributed by atoms with Crippen LogP contribution in [0, 0.1) is 5.92 Å². The summed E-state index contributed by atoms with van der Waals surface area (Å²) in [5.41, 5.74) is 0. The molecule has 0 saturated heterocycles. The van der Waals surface area contributed by atoms with Crippen LogP contribution in [0.4, 0.5) is 0 Å². The highest BCUT2D eigenvalue weighted by atomic mass is 16.3. The normalized spacial score (nSPS) is 17.3. The van der Waals surface area contributed by atoms with Gasteiger partial charge in [-0.25, -0.2) is 0 Å². The van der Waals surface area contributed by atoms with Crippen LogP contribution in [0.3, 0.4) is 0 Å². The Kier molecular flexibility index (Phi) is 4.72. The van der Waals surface area contributed by atoms with Gasteiger partial charge in [0.25, 0.3) is 0 Å². The minimum absolute atomic E-state index is 0.110. The highest BCUT2D eigenvalue weighted by molar-refractivity contribution is 4.61. The van der Waals surface area contributed by atoms with Crippen LogP contribution in [-0.4, -0.2) is 22.9 Å². The summed E-state index contributed by atoms with van der Waals surface area (Å²) in [6.07, 6.45) is 1.53. The van der Waals surface area contributed by atoms with Gasteiger partial charge < -0.3 is 10.2 Å². The van der Waals surface area contributed by atoms with Gasteiger partial charge in [-0.3, -0.25) is 0 Å². The first-order chi connectivity index (χ1) is 4.22. The van der Waals surface area contributed by atoms with E-state index in [1.54, 1.807) is 0 Å². The Morgan fingerprint density at radius 3 is 2.33 bits per heavy atom. The molecule has 0 fully saturated rings. The Morgan fingerprint density at radius 2 is 2.00 bits per heavy atom. The summed E-state index contributed by atoms with van der Waals surface area (Å²) in [4.78, 5) is 0. The smallest absolute Gasteiger partial charge is 0.0796 e. The molecule has 0 aliphatic heterocycles. The standard InChI is InChI=1S/C7H16O2/c1-3-4-6(2)7(9)5-8/h6-9H,3-5H2,1-2H3/t6-,7-/m1/s1. The maximum Gasteiger partial charge on any atom is 0.0796 e. The topological polar surface area (TPSA) is 40.5 Å². The van der Waals surface area contributed by atoms with Gasteiger partial charge >= 0.3 is 0 Å². The molecule has 2 heteroatoms. The quantitative estimate of drug-likeness (QED) is 0.593. The van der Waals surface area contributed by atoms with Crippen molar-refractivity contribution >= 4 is 0 Å². The van der Waals surface area contributed by atoms with Crippen LogP contribution in [0.2, 0.25) is 0 Å². The fourth-order valence-electron chi connectivity index (χ4n) is 0.828. The van der Waals surface area contributed by atoms with Gasteiger partial charge in [0.05, 0.1) is 12.7 Å². The first-order valence-electron chi connectivity index (χ1n) is 3.51. The van der Waals surface area contributed by atoms with Crippen molar-refractivity contribution in [3.8, 4) is 0 Å². The van der Waals surface area contributed by atoms with E-state index in [1.165, 1.54) is 0 Å². The maximum atomic E-state index is 9.01. The molecule has 56 valence electrons. The lowest BCUT2D eigenvalue weighted by atomic mass is 10.0. The molecule has 0 radical (unpaired) electrons. The molecular formula is C7H16O2. The van der Waals surface area contributed by atoms with Crippen molar-refractivity contribution in [1.29, 1.82) is 0 Å². The molecular weight excluding hydrogens is 116 g/mol. The molecule has 2 atom stereocenters. The maximum absolute atomic E-state index is 9.01. The second-order valence-electron chi connectivity index (χ2n) is 2.52. The molecule has 0 aromatic heterocycles. The third kappa shape index (κ3) is 3.49. The highest BCUT2D eigenvalue weighted by Crippen LogP contribution is 2.09. The minimum atomic E-state index is -0.523. The first kappa shape index (κ1) is 8.92. The predicted octanol–water partition coefficient (Wildman–Crippen LogP) is 0.776. The molecule has 0 rings (SSSR count). The van der Waals surface area contributed by atoms with Gasteiger partial charge in [-0.15, -0.1) is 0 Å². The summed E-state index contributed by atoms with van der Waals surface area (Å²) in [5, 5.41) is 17.5. The first-order valence-corrected chi connectivity index (χ1v) is 3.51. The lowest BCUT2D eigenvalue weighted by Gasteiger charge is -2.14. The fourth-order valence-corrected chi connectivity index (χ4v) is 0.828. The second kappa shape index (κ2) is 4.77. The highest BCUT2D eigenvalue weighted by Gasteiger charge is 2.10. The zero-order valence-corrected chi connectivity index (χ0v) is 6.17. The van der Waals surface area contributed by atoms with Crippen molar-refractivity contribution in [3.63, 3.8) is 0 Å². The van der Waals surface area contributed by atoms with Gasteiger partial charge in [0.15, 0.2) is 0 Å². The zero-order chi connectivity index (χ0) is 7.28. The van der Waals surface area contributed by atoms with E-state index in [0.29, 0.717) is 0 Å². The summed E-state index contributed by atoms with van der Waals surface area (Å²) < 4.78 is 0. The van der Waals surface area contributed by atoms with Crippen LogP contribution in [0.15, 0.2) is 0 Å². The van der Waals surface area contributed by atoms with Crippen LogP contribution >= 0.6 is 0 Å². The van der Waals surface area contributed by atoms with Gasteiger partial charge in [0.2, 0.25) is 0 Å². The van der Waals surface area contributed by atoms with Crippen LogP contribution in [0.1, 0.15) is 26.7 Å². The average molecular weight is 132 g/mol. The molecule has 0 aliphatic carbocycles. The third-order valence-electron chi connectivity index (χ3n) is 1.59. The number of rotatable bonds is 4. The van der Waals surface area contributed by atoms with E-state index in [2.05, 4.69) is 6.92 Å². The molecule has 0 bridgehead atoms. The molecule has 0 saturated carbocycles. The summed E-state index contributed by atoms with van der Waals surface area (Å²) in [6, 6.07) is 0. The van der Waals surface area contributed by atoms with E-state index in [-0.39, 0.29) is 12.5 Å². The number of aliphatic hydroxyl groups is 2. The van der Waals surface area contributed by atoms with Crippen LogP contribution < -0.4 is 0 Å². The van der Waals surface area contributed by atoms with Gasteiger partial charge in [0, 0.05) is 0 Å². The summed E-state index contributed by atoms with van der Waals surface area (Å²) in [5.74, 6) is 0.236. The number of hydrogen-bond donors (Lipinski definition) is 2. The zero-order valence-electron chi connectivity index (χ0n) is 6.17. The Balaban J connectivity index is 3.32. The van der Waals surface area contributed by atoms with E-state index < -0.39 is 6.10 Å². The van der Waals surface area contributed by atoms with Crippen molar-refractivity contribution in [2.24, 2.45) is 5.92 Å². The second-order valence-corrected chi connectivity index (χ2v) is 2.52. The van der Waals surface area contributed by atoms with Crippen LogP contribution in [-0.2, 0) is 0 Å². The molecule has 0 aliphatic rings. The Bertz CT molecular complexity index is 63.9. The van der Waals surface area contributed by atoms with E-state index in [1.807, 2.05) is 6.92 Å². The van der Waals surface area contributed by atoms with E-state index >= 15 is 0 Å². The molecule has 0 amide bonds. The minimum Gasteiger partial charge on any atom is -0.394 e. The van der Waals surface area contributed by atoms with E-state index in [0.717, 1.165) is 12.8 Å². The molecule has 2 nitrogen and oxygen atoms in total. The molecule has 9 heavy (non-hydrogen) atoms. The molecule has 0 aromatic carbocycles. The summed E-state index contributed by atoms with van der Waals surface area (Å²) in [6.45, 7) is 3.91. The third-order valence-corrected chi connectivity index (χ3v) is 1.59. The number of hydrogen-bond acceptors (Lipinski definition) is 2. The van der Waals surface area contributed by atoms with Crippen LogP contribution in [0.5, 0.6) is 0 Å². The summed E-state index contributed by atoms with van der Waals surface area (Å²) in [7, 11) is 0. The Hall–Kier alpha value is -0.0800. The molecule has 0 heterocycles. The van der Waals surface area contributed by atoms with Gasteiger partial charge in [0.1, 0.15) is 0 Å². The predicted molar refractivity (Wildman–Crippen MR) is 37.2 cm³/mol. The van der Waals surface area contributed by atoms with Crippen molar-refractivity contribution in [2.45, 2.75) is 32.8 Å². The monoisotopic (exact) mass is 132 g/mol. The average Bonchev–Trinajstić information content (AvgIpc) is 1.87. The molecule has 2 N–H and O–H groups in total. The largest absolute Gasteiger partial charge is 0.394 e. The van der Waals surface area contributed by atoms with Crippen molar-refractivity contribution in [2.75, 3.05) is 6.61 Å². The van der Waals surface area contributed by atoms with Crippen molar-refractivity contribution < 1.29 is 10.2 Å². The molecule has 0 spiro atoms. The van der Waals surface area contributed by atoms with Crippen LogP contribution in [0.25, 0.3) is 0 Å². The Morgan fingerprint density at radius 1 is 1.44 bits per heavy atom. The SMILES string of the molecule is CCC[C@@H](C)[C@H](O)CO. The van der Waals surface area contributed by atoms with Gasteiger partial charge in [-0.05, 0) is 12.3 Å². The molecule has 0 unspecified atom stereocenters. The van der Waals surface area contributed by atoms with Gasteiger partial charge in [-0.2, -0.15) is 0 Å². The Labute approximate surface area is 56.5 Å². The van der Waals surface area contributed by atoms with Crippen molar-refractivity contribution in [1.82, 2.24) is 0 Å². The van der Waals surface area contributed by atoms with E-state index in [4.69, 9.17) is 10.2 Å². The fraction of sp³-hybridized carbons (Fsp3) is 1.00. The summed E-state index contributed by atoms with van der Waals surface area (Å²) >= 11 is 0. The van der Waals surface area contributed by atoms with E-state index in [9.17, 15) is 0 Å². The lowest BCUT2D eigenvalue weighted by molar-refractivity contribution is 0.0502. The number of aliphatic hydroxyl groups excluding tert-OH is 2. The van der Waals surface area contributed by atoms with Crippen molar-refractivity contribution in [3.05, 3.63) is 0 Å². The van der Waals surface area contributed by atoms with Gasteiger partial charge in [-0.1, -0.05) is 20.3 Å². The molecule has 0 aromatic rings.